The van der Waals surface area contributed by atoms with E-state index >= 15 is 0 Å². The molecule has 2 atom stereocenters. The highest BCUT2D eigenvalue weighted by Crippen LogP contribution is 2.38. The van der Waals surface area contributed by atoms with Crippen LogP contribution in [0, 0.1) is 5.92 Å². The second-order valence-electron chi connectivity index (χ2n) is 7.39. The molecular formula is C20H27N3O4. The minimum Gasteiger partial charge on any atom is -0.497 e. The molecule has 0 unspecified atom stereocenters. The summed E-state index contributed by atoms with van der Waals surface area (Å²) >= 11 is 0. The summed E-state index contributed by atoms with van der Waals surface area (Å²) in [6, 6.07) is 7.16. The van der Waals surface area contributed by atoms with Gasteiger partial charge in [-0.25, -0.2) is 4.79 Å². The molecule has 1 saturated carbocycles. The number of rotatable bonds is 6. The molecule has 146 valence electrons. The van der Waals surface area contributed by atoms with Crippen molar-refractivity contribution < 1.29 is 19.1 Å². The van der Waals surface area contributed by atoms with Crippen LogP contribution in [-0.4, -0.2) is 48.5 Å². The van der Waals surface area contributed by atoms with Crippen molar-refractivity contribution in [2.45, 2.75) is 44.6 Å². The molecule has 7 nitrogen and oxygen atoms in total. The summed E-state index contributed by atoms with van der Waals surface area (Å²) in [6.07, 6.45) is 4.20. The van der Waals surface area contributed by atoms with Crippen LogP contribution >= 0.6 is 0 Å². The number of benzene rings is 1. The minimum atomic E-state index is -0.821. The van der Waals surface area contributed by atoms with Crippen molar-refractivity contribution >= 4 is 17.8 Å². The molecule has 0 aromatic heterocycles. The van der Waals surface area contributed by atoms with Gasteiger partial charge < -0.3 is 15.4 Å². The highest BCUT2D eigenvalue weighted by Gasteiger charge is 2.55. The van der Waals surface area contributed by atoms with E-state index in [1.54, 1.807) is 7.11 Å². The summed E-state index contributed by atoms with van der Waals surface area (Å²) < 4.78 is 5.12. The molecule has 1 heterocycles. The summed E-state index contributed by atoms with van der Waals surface area (Å²) in [5.41, 5.74) is 0.250. The molecule has 1 spiro atoms. The van der Waals surface area contributed by atoms with Gasteiger partial charge in [-0.2, -0.15) is 0 Å². The third-order valence-corrected chi connectivity index (χ3v) is 5.70. The zero-order valence-corrected chi connectivity index (χ0v) is 15.9. The normalized spacial score (nSPS) is 24.8. The Morgan fingerprint density at radius 2 is 2.04 bits per heavy atom. The number of urea groups is 1. The second kappa shape index (κ2) is 7.98. The van der Waals surface area contributed by atoms with Crippen LogP contribution in [0.3, 0.4) is 0 Å². The molecule has 27 heavy (non-hydrogen) atoms. The maximum atomic E-state index is 12.8. The van der Waals surface area contributed by atoms with Crippen LogP contribution in [0.15, 0.2) is 24.3 Å². The van der Waals surface area contributed by atoms with Gasteiger partial charge in [0.2, 0.25) is 5.91 Å². The second-order valence-corrected chi connectivity index (χ2v) is 7.39. The Hall–Kier alpha value is -2.57. The van der Waals surface area contributed by atoms with Crippen LogP contribution < -0.4 is 15.4 Å². The van der Waals surface area contributed by atoms with E-state index in [1.165, 1.54) is 0 Å². The molecular weight excluding hydrogens is 346 g/mol. The fourth-order valence-electron chi connectivity index (χ4n) is 3.98. The van der Waals surface area contributed by atoms with Gasteiger partial charge in [0, 0.05) is 6.54 Å². The maximum absolute atomic E-state index is 12.8. The van der Waals surface area contributed by atoms with Crippen molar-refractivity contribution in [2.75, 3.05) is 20.2 Å². The van der Waals surface area contributed by atoms with E-state index < -0.39 is 11.6 Å². The maximum Gasteiger partial charge on any atom is 0.325 e. The first-order valence-corrected chi connectivity index (χ1v) is 9.50. The molecule has 3 rings (SSSR count). The largest absolute Gasteiger partial charge is 0.497 e. The SMILES string of the molecule is COc1ccc(CCNC(=O)CN2C(=O)N[C@@]3(CCCC[C@@H]3C)C2=O)cc1. The van der Waals surface area contributed by atoms with Gasteiger partial charge in [-0.15, -0.1) is 0 Å². The Balaban J connectivity index is 1.51. The molecule has 0 bridgehead atoms. The average molecular weight is 373 g/mol. The third kappa shape index (κ3) is 3.91. The average Bonchev–Trinajstić information content (AvgIpc) is 2.90. The van der Waals surface area contributed by atoms with E-state index in [0.717, 1.165) is 35.5 Å². The summed E-state index contributed by atoms with van der Waals surface area (Å²) in [5.74, 6) is 0.288. The van der Waals surface area contributed by atoms with Crippen LogP contribution in [0.4, 0.5) is 4.79 Å². The van der Waals surface area contributed by atoms with Crippen molar-refractivity contribution in [3.63, 3.8) is 0 Å². The lowest BCUT2D eigenvalue weighted by atomic mass is 9.73. The van der Waals surface area contributed by atoms with Crippen LogP contribution in [0.2, 0.25) is 0 Å². The molecule has 0 radical (unpaired) electrons. The van der Waals surface area contributed by atoms with Crippen molar-refractivity contribution in [1.82, 2.24) is 15.5 Å². The van der Waals surface area contributed by atoms with Gasteiger partial charge in [-0.05, 0) is 42.9 Å². The number of methoxy groups -OCH3 is 1. The lowest BCUT2D eigenvalue weighted by molar-refractivity contribution is -0.137. The predicted molar refractivity (Wildman–Crippen MR) is 100 cm³/mol. The number of nitrogens with zero attached hydrogens (tertiary/aromatic N) is 1. The van der Waals surface area contributed by atoms with Gasteiger partial charge in [0.1, 0.15) is 17.8 Å². The number of hydrogen-bond donors (Lipinski definition) is 2. The fraction of sp³-hybridized carbons (Fsp3) is 0.550. The Labute approximate surface area is 159 Å². The van der Waals surface area contributed by atoms with Crippen LogP contribution in [0.25, 0.3) is 0 Å². The number of carbonyl (C=O) groups is 3. The van der Waals surface area contributed by atoms with E-state index in [2.05, 4.69) is 10.6 Å². The van der Waals surface area contributed by atoms with Gasteiger partial charge in [0.05, 0.1) is 7.11 Å². The van der Waals surface area contributed by atoms with E-state index in [0.29, 0.717) is 19.4 Å². The number of carbonyl (C=O) groups excluding carboxylic acids is 3. The smallest absolute Gasteiger partial charge is 0.325 e. The molecule has 2 aliphatic rings. The lowest BCUT2D eigenvalue weighted by Gasteiger charge is -2.36. The molecule has 4 amide bonds. The summed E-state index contributed by atoms with van der Waals surface area (Å²) in [7, 11) is 1.61. The predicted octanol–water partition coefficient (Wildman–Crippen LogP) is 1.85. The molecule has 1 aliphatic heterocycles. The topological polar surface area (TPSA) is 87.7 Å². The van der Waals surface area contributed by atoms with Crippen molar-refractivity contribution in [1.29, 1.82) is 0 Å². The Morgan fingerprint density at radius 3 is 2.70 bits per heavy atom. The van der Waals surface area contributed by atoms with Gasteiger partial charge in [0.25, 0.3) is 5.91 Å². The first-order chi connectivity index (χ1) is 13.0. The first kappa shape index (κ1) is 19.2. The van der Waals surface area contributed by atoms with E-state index in [1.807, 2.05) is 31.2 Å². The van der Waals surface area contributed by atoms with E-state index in [9.17, 15) is 14.4 Å². The monoisotopic (exact) mass is 373 g/mol. The standard InChI is InChI=1S/C20H27N3O4/c1-14-5-3-4-11-20(14)18(25)23(19(26)22-20)13-17(24)21-12-10-15-6-8-16(27-2)9-7-15/h6-9,14H,3-5,10-13H2,1-2H3,(H,21,24)(H,22,26)/t14-,20+/m0/s1. The number of nitrogens with one attached hydrogen (secondary N) is 2. The number of amides is 4. The number of hydrogen-bond acceptors (Lipinski definition) is 4. The third-order valence-electron chi connectivity index (χ3n) is 5.70. The van der Waals surface area contributed by atoms with Crippen LogP contribution in [-0.2, 0) is 16.0 Å². The van der Waals surface area contributed by atoms with Crippen LogP contribution in [0.5, 0.6) is 5.75 Å². The van der Waals surface area contributed by atoms with Gasteiger partial charge >= 0.3 is 6.03 Å². The molecule has 1 saturated heterocycles. The molecule has 2 N–H and O–H groups in total. The molecule has 1 aromatic rings. The number of imide groups is 1. The first-order valence-electron chi connectivity index (χ1n) is 9.50. The number of ether oxygens (including phenoxy) is 1. The van der Waals surface area contributed by atoms with E-state index in [4.69, 9.17) is 4.74 Å². The highest BCUT2D eigenvalue weighted by molar-refractivity contribution is 6.09. The zero-order chi connectivity index (χ0) is 19.4. The van der Waals surface area contributed by atoms with Crippen molar-refractivity contribution in [2.24, 2.45) is 5.92 Å². The zero-order valence-electron chi connectivity index (χ0n) is 15.9. The summed E-state index contributed by atoms with van der Waals surface area (Å²) in [5, 5.41) is 5.65. The Bertz CT molecular complexity index is 718. The molecule has 1 aromatic carbocycles. The quantitative estimate of drug-likeness (QED) is 0.745. The Morgan fingerprint density at radius 1 is 1.30 bits per heavy atom. The summed E-state index contributed by atoms with van der Waals surface area (Å²) in [6.45, 7) is 2.20. The van der Waals surface area contributed by atoms with Crippen molar-refractivity contribution in [3.05, 3.63) is 29.8 Å². The molecule has 7 heteroatoms. The van der Waals surface area contributed by atoms with Gasteiger partial charge in [-0.3, -0.25) is 14.5 Å². The van der Waals surface area contributed by atoms with Crippen LogP contribution in [0.1, 0.15) is 38.2 Å². The minimum absolute atomic E-state index is 0.0887. The fourth-order valence-corrected chi connectivity index (χ4v) is 3.98. The highest BCUT2D eigenvalue weighted by atomic mass is 16.5. The summed E-state index contributed by atoms with van der Waals surface area (Å²) in [4.78, 5) is 38.4. The van der Waals surface area contributed by atoms with Crippen molar-refractivity contribution in [3.8, 4) is 5.75 Å². The Kier molecular flexibility index (Phi) is 5.68. The van der Waals surface area contributed by atoms with Gasteiger partial charge in [0.15, 0.2) is 0 Å². The lowest BCUT2D eigenvalue weighted by Crippen LogP contribution is -2.54. The van der Waals surface area contributed by atoms with E-state index in [-0.39, 0.29) is 24.3 Å². The van der Waals surface area contributed by atoms with Gasteiger partial charge in [-0.1, -0.05) is 31.9 Å². The molecule has 1 aliphatic carbocycles. The molecule has 2 fully saturated rings.